The van der Waals surface area contributed by atoms with Crippen LogP contribution in [0.25, 0.3) is 0 Å². The molecule has 2 atom stereocenters. The summed E-state index contributed by atoms with van der Waals surface area (Å²) in [6.07, 6.45) is 9.39. The Bertz CT molecular complexity index is 446. The largest absolute Gasteiger partial charge is 0.337 e. The number of nitrogens with two attached hydrogens (primary N) is 1. The molecule has 0 amide bonds. The molecule has 1 saturated heterocycles. The van der Waals surface area contributed by atoms with E-state index in [4.69, 9.17) is 10.7 Å². The quantitative estimate of drug-likeness (QED) is 0.886. The van der Waals surface area contributed by atoms with Crippen molar-refractivity contribution in [3.05, 3.63) is 17.5 Å². The Morgan fingerprint density at radius 3 is 3.05 bits per heavy atom. The molecular formula is C15H24N4. The monoisotopic (exact) mass is 260 g/mol. The van der Waals surface area contributed by atoms with Gasteiger partial charge in [0.15, 0.2) is 0 Å². The van der Waals surface area contributed by atoms with E-state index in [0.717, 1.165) is 18.9 Å². The van der Waals surface area contributed by atoms with Gasteiger partial charge in [-0.3, -0.25) is 0 Å². The predicted octanol–water partition coefficient (Wildman–Crippen LogP) is 2.23. The number of fused-ring (bicyclic) bond motifs is 1. The summed E-state index contributed by atoms with van der Waals surface area (Å²) in [5.41, 5.74) is 8.53. The lowest BCUT2D eigenvalue weighted by atomic mass is 9.89. The fourth-order valence-electron chi connectivity index (χ4n) is 3.41. The Balaban J connectivity index is 1.90. The molecule has 2 unspecified atom stereocenters. The molecule has 4 nitrogen and oxygen atoms in total. The average Bonchev–Trinajstić information content (AvgIpc) is 2.47. The van der Waals surface area contributed by atoms with E-state index in [1.54, 1.807) is 0 Å². The Morgan fingerprint density at radius 2 is 2.21 bits per heavy atom. The number of aryl methyl sites for hydroxylation is 1. The third-order valence-electron chi connectivity index (χ3n) is 4.59. The maximum Gasteiger partial charge on any atom is 0.225 e. The second-order valence-corrected chi connectivity index (χ2v) is 5.95. The van der Waals surface area contributed by atoms with Crippen molar-refractivity contribution in [2.45, 2.75) is 57.4 Å². The van der Waals surface area contributed by atoms with Gasteiger partial charge in [-0.15, -0.1) is 0 Å². The second-order valence-electron chi connectivity index (χ2n) is 5.95. The highest BCUT2D eigenvalue weighted by atomic mass is 15.3. The molecule has 0 spiro atoms. The van der Waals surface area contributed by atoms with Gasteiger partial charge < -0.3 is 10.6 Å². The molecule has 3 rings (SSSR count). The zero-order chi connectivity index (χ0) is 13.2. The Labute approximate surface area is 115 Å². The highest BCUT2D eigenvalue weighted by Gasteiger charge is 2.25. The van der Waals surface area contributed by atoms with Crippen molar-refractivity contribution in [3.63, 3.8) is 0 Å². The number of hydrogen-bond acceptors (Lipinski definition) is 4. The van der Waals surface area contributed by atoms with E-state index in [1.165, 1.54) is 43.4 Å². The number of nitrogens with zero attached hydrogens (tertiary/aromatic N) is 3. The van der Waals surface area contributed by atoms with Crippen molar-refractivity contribution >= 4 is 5.95 Å². The van der Waals surface area contributed by atoms with Crippen molar-refractivity contribution < 1.29 is 0 Å². The van der Waals surface area contributed by atoms with Gasteiger partial charge in [-0.1, -0.05) is 6.92 Å². The standard InChI is InChI=1S/C15H24N4/c1-11-5-4-6-12-10-17-15(18-14(11)12)19-8-3-2-7-13(19)9-16/h10-11,13H,2-9,16H2,1H3. The van der Waals surface area contributed by atoms with E-state index in [1.807, 2.05) is 0 Å². The molecule has 0 saturated carbocycles. The van der Waals surface area contributed by atoms with Crippen LogP contribution in [0, 0.1) is 0 Å². The lowest BCUT2D eigenvalue weighted by Gasteiger charge is -2.35. The summed E-state index contributed by atoms with van der Waals surface area (Å²) in [5, 5.41) is 0. The van der Waals surface area contributed by atoms with E-state index < -0.39 is 0 Å². The molecule has 4 heteroatoms. The minimum atomic E-state index is 0.422. The molecule has 2 aliphatic rings. The average molecular weight is 260 g/mol. The first-order chi connectivity index (χ1) is 9.29. The van der Waals surface area contributed by atoms with Gasteiger partial charge in [0.25, 0.3) is 0 Å². The number of hydrogen-bond donors (Lipinski definition) is 1. The topological polar surface area (TPSA) is 55.0 Å². The molecule has 0 aromatic carbocycles. The van der Waals surface area contributed by atoms with Gasteiger partial charge in [0.2, 0.25) is 5.95 Å². The predicted molar refractivity (Wildman–Crippen MR) is 77.4 cm³/mol. The second kappa shape index (κ2) is 5.45. The summed E-state index contributed by atoms with van der Waals surface area (Å²) < 4.78 is 0. The van der Waals surface area contributed by atoms with Crippen LogP contribution in [0.15, 0.2) is 6.20 Å². The molecule has 1 aliphatic heterocycles. The normalized spacial score (nSPS) is 27.2. The lowest BCUT2D eigenvalue weighted by molar-refractivity contribution is 0.455. The maximum absolute atomic E-state index is 5.90. The Hall–Kier alpha value is -1.16. The molecule has 2 heterocycles. The lowest BCUT2D eigenvalue weighted by Crippen LogP contribution is -2.45. The van der Waals surface area contributed by atoms with Crippen LogP contribution in [-0.4, -0.2) is 29.1 Å². The van der Waals surface area contributed by atoms with Crippen molar-refractivity contribution in [2.24, 2.45) is 5.73 Å². The molecular weight excluding hydrogens is 236 g/mol. The van der Waals surface area contributed by atoms with E-state index >= 15 is 0 Å². The fourth-order valence-corrected chi connectivity index (χ4v) is 3.41. The van der Waals surface area contributed by atoms with Gasteiger partial charge in [-0.25, -0.2) is 9.97 Å². The molecule has 1 aromatic heterocycles. The van der Waals surface area contributed by atoms with Crippen molar-refractivity contribution in [1.29, 1.82) is 0 Å². The zero-order valence-electron chi connectivity index (χ0n) is 11.8. The minimum Gasteiger partial charge on any atom is -0.337 e. The summed E-state index contributed by atoms with van der Waals surface area (Å²) in [6.45, 7) is 4.04. The van der Waals surface area contributed by atoms with Crippen molar-refractivity contribution in [1.82, 2.24) is 9.97 Å². The van der Waals surface area contributed by atoms with Crippen LogP contribution in [0.5, 0.6) is 0 Å². The molecule has 1 aromatic rings. The molecule has 0 bridgehead atoms. The van der Waals surface area contributed by atoms with Crippen molar-refractivity contribution in [3.8, 4) is 0 Å². The maximum atomic E-state index is 5.90. The molecule has 1 aliphatic carbocycles. The molecule has 104 valence electrons. The van der Waals surface area contributed by atoms with Crippen LogP contribution in [0.1, 0.15) is 56.2 Å². The smallest absolute Gasteiger partial charge is 0.225 e. The number of anilines is 1. The summed E-state index contributed by atoms with van der Waals surface area (Å²) in [7, 11) is 0. The van der Waals surface area contributed by atoms with Crippen LogP contribution in [0.3, 0.4) is 0 Å². The van der Waals surface area contributed by atoms with Gasteiger partial charge in [0.1, 0.15) is 0 Å². The van der Waals surface area contributed by atoms with Gasteiger partial charge >= 0.3 is 0 Å². The van der Waals surface area contributed by atoms with Gasteiger partial charge in [0.05, 0.1) is 5.69 Å². The molecule has 19 heavy (non-hydrogen) atoms. The number of rotatable bonds is 2. The van der Waals surface area contributed by atoms with Gasteiger partial charge in [-0.05, 0) is 50.0 Å². The van der Waals surface area contributed by atoms with Crippen LogP contribution in [0.4, 0.5) is 5.95 Å². The highest BCUT2D eigenvalue weighted by molar-refractivity contribution is 5.37. The summed E-state index contributed by atoms with van der Waals surface area (Å²) in [6, 6.07) is 0.422. The van der Waals surface area contributed by atoms with Crippen LogP contribution < -0.4 is 10.6 Å². The molecule has 1 fully saturated rings. The van der Waals surface area contributed by atoms with Gasteiger partial charge in [0, 0.05) is 25.3 Å². The minimum absolute atomic E-state index is 0.422. The van der Waals surface area contributed by atoms with Crippen LogP contribution >= 0.6 is 0 Å². The summed E-state index contributed by atoms with van der Waals surface area (Å²) in [4.78, 5) is 11.8. The van der Waals surface area contributed by atoms with E-state index in [9.17, 15) is 0 Å². The van der Waals surface area contributed by atoms with E-state index in [0.29, 0.717) is 18.5 Å². The SMILES string of the molecule is CC1CCCc2cnc(N3CCCCC3CN)nc21. The third kappa shape index (κ3) is 2.46. The highest BCUT2D eigenvalue weighted by Crippen LogP contribution is 2.31. The van der Waals surface area contributed by atoms with E-state index in [-0.39, 0.29) is 0 Å². The Morgan fingerprint density at radius 1 is 1.32 bits per heavy atom. The molecule has 0 radical (unpaired) electrons. The Kier molecular flexibility index (Phi) is 3.69. The summed E-state index contributed by atoms with van der Waals surface area (Å²) >= 11 is 0. The first-order valence-corrected chi connectivity index (χ1v) is 7.62. The van der Waals surface area contributed by atoms with Gasteiger partial charge in [-0.2, -0.15) is 0 Å². The van der Waals surface area contributed by atoms with Crippen molar-refractivity contribution in [2.75, 3.05) is 18.0 Å². The third-order valence-corrected chi connectivity index (χ3v) is 4.59. The first kappa shape index (κ1) is 12.9. The number of piperidine rings is 1. The molecule has 2 N–H and O–H groups in total. The van der Waals surface area contributed by atoms with Crippen LogP contribution in [-0.2, 0) is 6.42 Å². The number of aromatic nitrogens is 2. The van der Waals surface area contributed by atoms with E-state index in [2.05, 4.69) is 23.0 Å². The van der Waals surface area contributed by atoms with Crippen LogP contribution in [0.2, 0.25) is 0 Å². The zero-order valence-corrected chi connectivity index (χ0v) is 11.8. The summed E-state index contributed by atoms with van der Waals surface area (Å²) in [5.74, 6) is 1.48. The first-order valence-electron chi connectivity index (χ1n) is 7.62. The fraction of sp³-hybridized carbons (Fsp3) is 0.733.